The average molecular weight is 545 g/mol. The van der Waals surface area contributed by atoms with Gasteiger partial charge < -0.3 is 9.47 Å². The van der Waals surface area contributed by atoms with Gasteiger partial charge in [0, 0.05) is 28.2 Å². The number of halogens is 1. The highest BCUT2D eigenvalue weighted by Crippen LogP contribution is 2.41. The van der Waals surface area contributed by atoms with E-state index in [0.29, 0.717) is 6.61 Å². The Bertz CT molecular complexity index is 1410. The van der Waals surface area contributed by atoms with Gasteiger partial charge in [0.05, 0.1) is 7.11 Å². The Morgan fingerprint density at radius 3 is 2.33 bits per heavy atom. The van der Waals surface area contributed by atoms with E-state index in [4.69, 9.17) is 9.47 Å². The third kappa shape index (κ3) is 6.13. The fourth-order valence-electron chi connectivity index (χ4n) is 5.95. The smallest absolute Gasteiger partial charge is 0.124 e. The Hall–Kier alpha value is -2.93. The summed E-state index contributed by atoms with van der Waals surface area (Å²) in [4.78, 5) is 6.14. The summed E-state index contributed by atoms with van der Waals surface area (Å²) in [5, 5.41) is 1.11. The Kier molecular flexibility index (Phi) is 8.14. The van der Waals surface area contributed by atoms with Crippen LogP contribution in [0.1, 0.15) is 42.4 Å². The van der Waals surface area contributed by atoms with E-state index >= 15 is 0 Å². The topological polar surface area (TPSA) is 24.9 Å². The second-order valence-corrected chi connectivity index (χ2v) is 11.8. The van der Waals surface area contributed by atoms with Gasteiger partial charge in [-0.2, -0.15) is 0 Å². The molecule has 1 aromatic heterocycles. The van der Waals surface area contributed by atoms with Crippen LogP contribution in [-0.4, -0.2) is 56.2 Å². The van der Waals surface area contributed by atoms with Gasteiger partial charge in [-0.25, -0.2) is 4.39 Å². The van der Waals surface area contributed by atoms with Crippen molar-refractivity contribution in [2.45, 2.75) is 38.6 Å². The molecular formula is C33H37FN2O2S. The Morgan fingerprint density at radius 2 is 1.59 bits per heavy atom. The number of hydrogen-bond donors (Lipinski definition) is 0. The Balaban J connectivity index is 1.24. The lowest BCUT2D eigenvalue weighted by Crippen LogP contribution is -2.25. The van der Waals surface area contributed by atoms with E-state index in [1.807, 2.05) is 6.07 Å². The molecule has 3 heterocycles. The molecule has 0 bridgehead atoms. The summed E-state index contributed by atoms with van der Waals surface area (Å²) >= 11 is 1.66. The van der Waals surface area contributed by atoms with Crippen molar-refractivity contribution in [2.24, 2.45) is 0 Å². The highest BCUT2D eigenvalue weighted by molar-refractivity contribution is 7.22. The molecule has 0 radical (unpaired) electrons. The quantitative estimate of drug-likeness (QED) is 0.208. The zero-order valence-corrected chi connectivity index (χ0v) is 23.6. The molecule has 4 nitrogen and oxygen atoms in total. The van der Waals surface area contributed by atoms with Crippen LogP contribution in [0.3, 0.4) is 0 Å². The number of benzene rings is 3. The first kappa shape index (κ1) is 26.3. The monoisotopic (exact) mass is 544 g/mol. The van der Waals surface area contributed by atoms with Crippen molar-refractivity contribution < 1.29 is 13.9 Å². The SMILES string of the molecule is COc1cc(Cc2c(-c3ccc(OCCN4CCCC4)cc3)sc3cc(F)ccc23)ccc1CN1CCCC1. The van der Waals surface area contributed by atoms with Crippen molar-refractivity contribution in [1.82, 2.24) is 9.80 Å². The van der Waals surface area contributed by atoms with Gasteiger partial charge in [-0.1, -0.05) is 18.2 Å². The maximum Gasteiger partial charge on any atom is 0.124 e. The minimum atomic E-state index is -0.198. The van der Waals surface area contributed by atoms with E-state index in [1.165, 1.54) is 60.3 Å². The van der Waals surface area contributed by atoms with Gasteiger partial charge in [0.25, 0.3) is 0 Å². The number of nitrogens with zero attached hydrogens (tertiary/aromatic N) is 2. The maximum atomic E-state index is 14.2. The molecule has 0 atom stereocenters. The lowest BCUT2D eigenvalue weighted by atomic mass is 9.97. The molecule has 0 N–H and O–H groups in total. The number of ether oxygens (including phenoxy) is 2. The summed E-state index contributed by atoms with van der Waals surface area (Å²) in [5.41, 5.74) is 4.80. The van der Waals surface area contributed by atoms with Crippen LogP contribution < -0.4 is 9.47 Å². The number of rotatable bonds is 10. The van der Waals surface area contributed by atoms with E-state index in [9.17, 15) is 4.39 Å². The molecule has 6 rings (SSSR count). The van der Waals surface area contributed by atoms with Crippen LogP contribution in [-0.2, 0) is 13.0 Å². The van der Waals surface area contributed by atoms with Crippen LogP contribution in [0.4, 0.5) is 4.39 Å². The molecule has 0 saturated carbocycles. The van der Waals surface area contributed by atoms with E-state index in [1.54, 1.807) is 30.6 Å². The van der Waals surface area contributed by atoms with E-state index in [-0.39, 0.29) is 5.82 Å². The molecule has 2 saturated heterocycles. The molecular weight excluding hydrogens is 507 g/mol. The maximum absolute atomic E-state index is 14.2. The normalized spacial score (nSPS) is 16.4. The summed E-state index contributed by atoms with van der Waals surface area (Å²) in [6, 6.07) is 20.2. The van der Waals surface area contributed by atoms with Crippen molar-refractivity contribution in [3.8, 4) is 21.9 Å². The van der Waals surface area contributed by atoms with Gasteiger partial charge in [0.2, 0.25) is 0 Å². The third-order valence-corrected chi connectivity index (χ3v) is 9.32. The fourth-order valence-corrected chi connectivity index (χ4v) is 7.20. The summed E-state index contributed by atoms with van der Waals surface area (Å²) in [6.07, 6.45) is 5.91. The molecule has 0 spiro atoms. The summed E-state index contributed by atoms with van der Waals surface area (Å²) in [7, 11) is 1.76. The number of hydrogen-bond acceptors (Lipinski definition) is 5. The average Bonchev–Trinajstić information content (AvgIpc) is 3.72. The summed E-state index contributed by atoms with van der Waals surface area (Å²) in [5.74, 6) is 1.64. The second kappa shape index (κ2) is 12.1. The predicted molar refractivity (Wildman–Crippen MR) is 159 cm³/mol. The van der Waals surface area contributed by atoms with Gasteiger partial charge in [-0.15, -0.1) is 11.3 Å². The molecule has 6 heteroatoms. The first-order valence-corrected chi connectivity index (χ1v) is 15.0. The van der Waals surface area contributed by atoms with Crippen molar-refractivity contribution in [1.29, 1.82) is 0 Å². The van der Waals surface area contributed by atoms with Gasteiger partial charge >= 0.3 is 0 Å². The van der Waals surface area contributed by atoms with Gasteiger partial charge in [-0.05, 0) is 123 Å². The van der Waals surface area contributed by atoms with Crippen molar-refractivity contribution in [2.75, 3.05) is 46.4 Å². The second-order valence-electron chi connectivity index (χ2n) is 10.8. The zero-order chi connectivity index (χ0) is 26.6. The molecule has 204 valence electrons. The number of fused-ring (bicyclic) bond motifs is 1. The van der Waals surface area contributed by atoms with Gasteiger partial charge in [-0.3, -0.25) is 9.80 Å². The summed E-state index contributed by atoms with van der Waals surface area (Å²) in [6.45, 7) is 7.31. The third-order valence-electron chi connectivity index (χ3n) is 8.07. The van der Waals surface area contributed by atoms with Crippen LogP contribution in [0, 0.1) is 5.82 Å². The van der Waals surface area contributed by atoms with Crippen LogP contribution in [0.25, 0.3) is 20.5 Å². The van der Waals surface area contributed by atoms with Gasteiger partial charge in [0.1, 0.15) is 23.9 Å². The zero-order valence-electron chi connectivity index (χ0n) is 22.8. The fraction of sp³-hybridized carbons (Fsp3) is 0.394. The summed E-state index contributed by atoms with van der Waals surface area (Å²) < 4.78 is 27.0. The standard InChI is InChI=1S/C33H37FN2O2S/c1-37-31-21-24(6-7-26(31)23-36-16-4-5-17-36)20-30-29-13-10-27(34)22-32(29)39-33(30)25-8-11-28(12-9-25)38-19-18-35-14-2-3-15-35/h6-13,21-22H,2-5,14-20,23H2,1H3. The molecule has 0 unspecified atom stereocenters. The molecule has 2 aliphatic rings. The number of thiophene rings is 1. The Labute approximate surface area is 235 Å². The van der Waals surface area contributed by atoms with Crippen molar-refractivity contribution in [3.63, 3.8) is 0 Å². The highest BCUT2D eigenvalue weighted by atomic mass is 32.1. The number of likely N-dealkylation sites (tertiary alicyclic amines) is 2. The minimum absolute atomic E-state index is 0.198. The molecule has 0 amide bonds. The van der Waals surface area contributed by atoms with Crippen LogP contribution in [0.5, 0.6) is 11.5 Å². The first-order valence-electron chi connectivity index (χ1n) is 14.2. The van der Waals surface area contributed by atoms with Crippen LogP contribution in [0.15, 0.2) is 60.7 Å². The van der Waals surface area contributed by atoms with E-state index < -0.39 is 0 Å². The van der Waals surface area contributed by atoms with E-state index in [0.717, 1.165) is 59.7 Å². The first-order chi connectivity index (χ1) is 19.2. The van der Waals surface area contributed by atoms with Crippen LogP contribution in [0.2, 0.25) is 0 Å². The van der Waals surface area contributed by atoms with Crippen molar-refractivity contribution in [3.05, 3.63) is 83.2 Å². The van der Waals surface area contributed by atoms with Crippen molar-refractivity contribution >= 4 is 21.4 Å². The molecule has 3 aromatic carbocycles. The largest absolute Gasteiger partial charge is 0.496 e. The van der Waals surface area contributed by atoms with Gasteiger partial charge in [0.15, 0.2) is 0 Å². The lowest BCUT2D eigenvalue weighted by molar-refractivity contribution is 0.238. The molecule has 4 aromatic rings. The predicted octanol–water partition coefficient (Wildman–Crippen LogP) is 7.38. The minimum Gasteiger partial charge on any atom is -0.496 e. The molecule has 2 aliphatic heterocycles. The van der Waals surface area contributed by atoms with Crippen LogP contribution >= 0.6 is 11.3 Å². The lowest BCUT2D eigenvalue weighted by Gasteiger charge is -2.18. The molecule has 39 heavy (non-hydrogen) atoms. The molecule has 2 fully saturated rings. The van der Waals surface area contributed by atoms with E-state index in [2.05, 4.69) is 52.3 Å². The number of methoxy groups -OCH3 is 1. The molecule has 0 aliphatic carbocycles. The Morgan fingerprint density at radius 1 is 0.846 bits per heavy atom. The highest BCUT2D eigenvalue weighted by Gasteiger charge is 2.18.